The van der Waals surface area contributed by atoms with Gasteiger partial charge >= 0.3 is 0 Å². The molecule has 3 nitrogen and oxygen atoms in total. The predicted octanol–water partition coefficient (Wildman–Crippen LogP) is -1.20. The first kappa shape index (κ1) is 5.73. The third-order valence-electron chi connectivity index (χ3n) is 1.54. The van der Waals surface area contributed by atoms with Gasteiger partial charge in [-0.05, 0) is 11.8 Å². The summed E-state index contributed by atoms with van der Waals surface area (Å²) in [5.74, 6) is 1.99. The van der Waals surface area contributed by atoms with Crippen LogP contribution >= 0.6 is 0 Å². The van der Waals surface area contributed by atoms with Crippen LogP contribution in [0.2, 0.25) is 0 Å². The minimum atomic E-state index is 0.00231. The molecule has 4 heteroatoms. The number of nitrogens with zero attached hydrogens (tertiary/aromatic N) is 2. The third kappa shape index (κ3) is 0.690. The fourth-order valence-corrected chi connectivity index (χ4v) is 2.25. The summed E-state index contributed by atoms with van der Waals surface area (Å²) in [5, 5.41) is 0. The fourth-order valence-electron chi connectivity index (χ4n) is 1.05. The quantitative estimate of drug-likeness (QED) is 0.435. The van der Waals surface area contributed by atoms with E-state index in [0.717, 1.165) is 11.7 Å². The smallest absolute Gasteiger partial charge is 0.272 e. The molecule has 0 aliphatic carbocycles. The van der Waals surface area contributed by atoms with Gasteiger partial charge in [0.1, 0.15) is 0 Å². The average Bonchev–Trinajstić information content (AvgIpc) is 2.36. The summed E-state index contributed by atoms with van der Waals surface area (Å²) in [6.07, 6.45) is 3.11. The standard InChI is InChI=1S/C6H6N2OSi/c9-6-2-7-1-5-3-10-4-8(5)6/h1-2,4,10H,3H2. The molecule has 2 heterocycles. The van der Waals surface area contributed by atoms with Crippen molar-refractivity contribution in [2.45, 2.75) is 6.04 Å². The zero-order valence-corrected chi connectivity index (χ0v) is 6.47. The molecule has 0 aromatic carbocycles. The number of rotatable bonds is 0. The van der Waals surface area contributed by atoms with Crippen LogP contribution in [0.3, 0.4) is 0 Å². The summed E-state index contributed by atoms with van der Waals surface area (Å²) in [4.78, 5) is 14.8. The molecule has 10 heavy (non-hydrogen) atoms. The summed E-state index contributed by atoms with van der Waals surface area (Å²) in [6.45, 7) is 0. The maximum absolute atomic E-state index is 11.0. The van der Waals surface area contributed by atoms with E-state index in [1.165, 1.54) is 6.20 Å². The molecule has 0 amide bonds. The first-order chi connectivity index (χ1) is 4.88. The molecule has 1 aliphatic heterocycles. The van der Waals surface area contributed by atoms with E-state index >= 15 is 0 Å². The molecule has 0 saturated carbocycles. The topological polar surface area (TPSA) is 34.9 Å². The second-order valence-electron chi connectivity index (χ2n) is 2.20. The number of hydrogen-bond acceptors (Lipinski definition) is 2. The summed E-state index contributed by atoms with van der Waals surface area (Å²) in [5.41, 5.74) is 1.06. The fraction of sp³-hybridized carbons (Fsp3) is 0.167. The van der Waals surface area contributed by atoms with Crippen molar-refractivity contribution >= 4 is 14.9 Å². The average molecular weight is 150 g/mol. The van der Waals surface area contributed by atoms with Gasteiger partial charge in [-0.1, -0.05) is 0 Å². The highest BCUT2D eigenvalue weighted by molar-refractivity contribution is 6.48. The molecule has 0 fully saturated rings. The van der Waals surface area contributed by atoms with Crippen molar-refractivity contribution in [1.29, 1.82) is 0 Å². The largest absolute Gasteiger partial charge is 0.291 e. The van der Waals surface area contributed by atoms with Gasteiger partial charge in [-0.25, -0.2) is 0 Å². The Morgan fingerprint density at radius 1 is 1.60 bits per heavy atom. The van der Waals surface area contributed by atoms with Gasteiger partial charge in [0.05, 0.1) is 6.20 Å². The highest BCUT2D eigenvalue weighted by Gasteiger charge is 2.03. The van der Waals surface area contributed by atoms with Gasteiger partial charge in [-0.15, -0.1) is 0 Å². The minimum absolute atomic E-state index is 0.00231. The Hall–Kier alpha value is -1.03. The molecule has 0 N–H and O–H groups in total. The highest BCUT2D eigenvalue weighted by Crippen LogP contribution is 1.94. The van der Waals surface area contributed by atoms with Crippen molar-refractivity contribution in [3.05, 3.63) is 28.4 Å². The Bertz CT molecular complexity index is 342. The van der Waals surface area contributed by atoms with E-state index in [9.17, 15) is 4.79 Å². The van der Waals surface area contributed by atoms with Crippen molar-refractivity contribution < 1.29 is 0 Å². The van der Waals surface area contributed by atoms with Gasteiger partial charge < -0.3 is 0 Å². The van der Waals surface area contributed by atoms with Crippen molar-refractivity contribution in [2.75, 3.05) is 0 Å². The Morgan fingerprint density at radius 2 is 2.50 bits per heavy atom. The Balaban J connectivity index is 2.79. The SMILES string of the molecule is O=c1cncc2n1C=[SiH]C2. The molecule has 2 rings (SSSR count). The van der Waals surface area contributed by atoms with Crippen molar-refractivity contribution in [2.24, 2.45) is 0 Å². The summed E-state index contributed by atoms with van der Waals surface area (Å²) in [6, 6.07) is 1.03. The summed E-state index contributed by atoms with van der Waals surface area (Å²) >= 11 is 0. The van der Waals surface area contributed by atoms with Crippen LogP contribution in [0, 0.1) is 0 Å². The van der Waals surface area contributed by atoms with E-state index < -0.39 is 0 Å². The Kier molecular flexibility index (Phi) is 1.14. The van der Waals surface area contributed by atoms with E-state index in [0.29, 0.717) is 9.13 Å². The molecular weight excluding hydrogens is 144 g/mol. The van der Waals surface area contributed by atoms with Crippen LogP contribution in [0.25, 0.3) is 0 Å². The van der Waals surface area contributed by atoms with Gasteiger partial charge in [-0.3, -0.25) is 14.3 Å². The van der Waals surface area contributed by atoms with Gasteiger partial charge in [-0.2, -0.15) is 0 Å². The summed E-state index contributed by atoms with van der Waals surface area (Å²) < 4.78 is 1.70. The van der Waals surface area contributed by atoms with E-state index in [1.54, 1.807) is 10.8 Å². The maximum atomic E-state index is 11.0. The number of aromatic nitrogens is 2. The monoisotopic (exact) mass is 150 g/mol. The lowest BCUT2D eigenvalue weighted by atomic mass is 10.5. The van der Waals surface area contributed by atoms with Crippen molar-refractivity contribution in [3.8, 4) is 0 Å². The first-order valence-corrected chi connectivity index (χ1v) is 4.58. The molecule has 50 valence electrons. The van der Waals surface area contributed by atoms with E-state index in [-0.39, 0.29) is 5.56 Å². The molecule has 0 atom stereocenters. The number of fused-ring (bicyclic) bond motifs is 1. The lowest BCUT2D eigenvalue weighted by molar-refractivity contribution is 0.977. The number of hydrogen-bond donors (Lipinski definition) is 0. The van der Waals surface area contributed by atoms with Crippen molar-refractivity contribution in [1.82, 2.24) is 9.55 Å². The minimum Gasteiger partial charge on any atom is -0.291 e. The zero-order valence-electron chi connectivity index (χ0n) is 5.32. The van der Waals surface area contributed by atoms with Crippen LogP contribution < -0.4 is 5.56 Å². The van der Waals surface area contributed by atoms with Crippen LogP contribution in [-0.2, 0) is 6.04 Å². The van der Waals surface area contributed by atoms with E-state index in [1.807, 2.05) is 5.80 Å². The second kappa shape index (κ2) is 1.98. The Labute approximate surface area is 59.8 Å². The maximum Gasteiger partial charge on any atom is 0.272 e. The normalized spacial score (nSPS) is 13.6. The molecular formula is C6H6N2OSi. The van der Waals surface area contributed by atoms with Crippen LogP contribution in [0.1, 0.15) is 5.69 Å². The van der Waals surface area contributed by atoms with Crippen LogP contribution in [0.4, 0.5) is 0 Å². The Morgan fingerprint density at radius 3 is 3.30 bits per heavy atom. The molecule has 1 aliphatic rings. The van der Waals surface area contributed by atoms with E-state index in [2.05, 4.69) is 4.98 Å². The van der Waals surface area contributed by atoms with Crippen molar-refractivity contribution in [3.63, 3.8) is 0 Å². The highest BCUT2D eigenvalue weighted by atomic mass is 28.2. The van der Waals surface area contributed by atoms with Crippen LogP contribution in [0.15, 0.2) is 17.2 Å². The third-order valence-corrected chi connectivity index (χ3v) is 2.70. The molecule has 0 radical (unpaired) electrons. The second-order valence-corrected chi connectivity index (χ2v) is 3.37. The molecule has 1 aromatic rings. The molecule has 0 bridgehead atoms. The summed E-state index contributed by atoms with van der Waals surface area (Å²) in [7, 11) is 0.304. The first-order valence-electron chi connectivity index (χ1n) is 3.10. The zero-order chi connectivity index (χ0) is 6.97. The van der Waals surface area contributed by atoms with Crippen LogP contribution in [-0.4, -0.2) is 24.5 Å². The van der Waals surface area contributed by atoms with Crippen LogP contribution in [0.5, 0.6) is 0 Å². The molecule has 1 aromatic heterocycles. The predicted molar refractivity (Wildman–Crippen MR) is 40.8 cm³/mol. The van der Waals surface area contributed by atoms with Gasteiger partial charge in [0.15, 0.2) is 0 Å². The van der Waals surface area contributed by atoms with Gasteiger partial charge in [0, 0.05) is 21.0 Å². The molecule has 0 spiro atoms. The molecule has 0 unspecified atom stereocenters. The molecule has 0 saturated heterocycles. The lowest BCUT2D eigenvalue weighted by Gasteiger charge is -1.96. The lowest BCUT2D eigenvalue weighted by Crippen LogP contribution is -2.19. The van der Waals surface area contributed by atoms with E-state index in [4.69, 9.17) is 0 Å². The van der Waals surface area contributed by atoms with Gasteiger partial charge in [0.2, 0.25) is 0 Å². The van der Waals surface area contributed by atoms with Gasteiger partial charge in [0.25, 0.3) is 5.56 Å².